The highest BCUT2D eigenvalue weighted by Crippen LogP contribution is 2.19. The van der Waals surface area contributed by atoms with Crippen LogP contribution in [-0.2, 0) is 11.2 Å². The lowest BCUT2D eigenvalue weighted by Crippen LogP contribution is -2.16. The van der Waals surface area contributed by atoms with Gasteiger partial charge in [-0.3, -0.25) is 14.8 Å². The number of aromatic nitrogens is 2. The molecule has 0 aliphatic heterocycles. The fourth-order valence-electron chi connectivity index (χ4n) is 1.88. The quantitative estimate of drug-likeness (QED) is 0.892. The van der Waals surface area contributed by atoms with Crippen molar-refractivity contribution in [2.45, 2.75) is 19.3 Å². The number of carboxylic acid groups (broad SMARTS) is 1. The predicted molar refractivity (Wildman–Crippen MR) is 67.3 cm³/mol. The van der Waals surface area contributed by atoms with E-state index in [1.165, 1.54) is 18.6 Å². The summed E-state index contributed by atoms with van der Waals surface area (Å²) in [5, 5.41) is 9.29. The molecule has 1 aromatic heterocycles. The second-order valence-corrected chi connectivity index (χ2v) is 4.21. The number of carboxylic acids is 1. The monoisotopic (exact) mass is 242 g/mol. The Kier molecular flexibility index (Phi) is 3.67. The van der Waals surface area contributed by atoms with Crippen LogP contribution in [0.3, 0.4) is 0 Å². The summed E-state index contributed by atoms with van der Waals surface area (Å²) in [5.74, 6) is -1.53. The molecule has 0 amide bonds. The molecule has 0 spiro atoms. The maximum Gasteiger partial charge on any atom is 0.312 e. The van der Waals surface area contributed by atoms with E-state index in [2.05, 4.69) is 9.97 Å². The van der Waals surface area contributed by atoms with Gasteiger partial charge in [0.1, 0.15) is 5.92 Å². The van der Waals surface area contributed by atoms with Gasteiger partial charge in [0.05, 0.1) is 5.69 Å². The summed E-state index contributed by atoms with van der Waals surface area (Å²) < 4.78 is 0. The molecule has 2 rings (SSSR count). The molecule has 1 N–H and O–H groups in total. The van der Waals surface area contributed by atoms with Gasteiger partial charge in [-0.2, -0.15) is 0 Å². The summed E-state index contributed by atoms with van der Waals surface area (Å²) in [6.45, 7) is 1.99. The normalized spacial score (nSPS) is 12.1. The van der Waals surface area contributed by atoms with Crippen LogP contribution in [0, 0.1) is 6.92 Å². The second kappa shape index (κ2) is 5.40. The van der Waals surface area contributed by atoms with E-state index >= 15 is 0 Å². The first-order valence-corrected chi connectivity index (χ1v) is 5.71. The summed E-state index contributed by atoms with van der Waals surface area (Å²) in [6.07, 6.45) is 4.99. The fraction of sp³-hybridized carbons (Fsp3) is 0.214. The van der Waals surface area contributed by atoms with Crippen LogP contribution in [0.15, 0.2) is 42.9 Å². The van der Waals surface area contributed by atoms with E-state index < -0.39 is 11.9 Å². The largest absolute Gasteiger partial charge is 0.481 e. The van der Waals surface area contributed by atoms with Crippen molar-refractivity contribution in [3.8, 4) is 0 Å². The minimum absolute atomic E-state index is 0.426. The van der Waals surface area contributed by atoms with Crippen molar-refractivity contribution in [2.24, 2.45) is 0 Å². The fourth-order valence-corrected chi connectivity index (χ4v) is 1.88. The highest BCUT2D eigenvalue weighted by Gasteiger charge is 2.21. The van der Waals surface area contributed by atoms with Crippen LogP contribution in [0.5, 0.6) is 0 Å². The van der Waals surface area contributed by atoms with Gasteiger partial charge in [0, 0.05) is 18.6 Å². The smallest absolute Gasteiger partial charge is 0.312 e. The minimum Gasteiger partial charge on any atom is -0.481 e. The van der Waals surface area contributed by atoms with Gasteiger partial charge in [0.2, 0.25) is 0 Å². The van der Waals surface area contributed by atoms with Crippen molar-refractivity contribution in [1.29, 1.82) is 0 Å². The van der Waals surface area contributed by atoms with E-state index in [0.717, 1.165) is 11.1 Å². The molecule has 0 radical (unpaired) electrons. The number of aliphatic carboxylic acids is 1. The van der Waals surface area contributed by atoms with Crippen LogP contribution in [0.1, 0.15) is 22.7 Å². The summed E-state index contributed by atoms with van der Waals surface area (Å²) in [4.78, 5) is 19.3. The molecule has 4 nitrogen and oxygen atoms in total. The van der Waals surface area contributed by atoms with Gasteiger partial charge in [-0.05, 0) is 18.9 Å². The lowest BCUT2D eigenvalue weighted by Gasteiger charge is -2.11. The topological polar surface area (TPSA) is 63.1 Å². The Morgan fingerprint density at radius 2 is 2.22 bits per heavy atom. The highest BCUT2D eigenvalue weighted by molar-refractivity contribution is 5.75. The van der Waals surface area contributed by atoms with Crippen molar-refractivity contribution in [2.75, 3.05) is 0 Å². The standard InChI is InChI=1S/C14H14N2O2/c1-10-3-2-4-11(7-10)8-12(14(17)18)13-9-15-5-6-16-13/h2-7,9,12H,8H2,1H3,(H,17,18). The number of benzene rings is 1. The summed E-state index contributed by atoms with van der Waals surface area (Å²) in [7, 11) is 0. The maximum atomic E-state index is 11.3. The van der Waals surface area contributed by atoms with E-state index in [1.54, 1.807) is 0 Å². The van der Waals surface area contributed by atoms with Gasteiger partial charge in [-0.25, -0.2) is 0 Å². The molecule has 2 aromatic rings. The Bertz CT molecular complexity index is 541. The third-order valence-electron chi connectivity index (χ3n) is 2.76. The van der Waals surface area contributed by atoms with Crippen LogP contribution in [0.2, 0.25) is 0 Å². The Hall–Kier alpha value is -2.23. The zero-order chi connectivity index (χ0) is 13.0. The molecule has 0 aliphatic carbocycles. The van der Waals surface area contributed by atoms with Crippen molar-refractivity contribution < 1.29 is 9.90 Å². The van der Waals surface area contributed by atoms with Crippen LogP contribution in [0.4, 0.5) is 0 Å². The van der Waals surface area contributed by atoms with Crippen LogP contribution in [-0.4, -0.2) is 21.0 Å². The van der Waals surface area contributed by atoms with Crippen molar-refractivity contribution in [3.05, 3.63) is 59.7 Å². The van der Waals surface area contributed by atoms with Gasteiger partial charge in [0.25, 0.3) is 0 Å². The third-order valence-corrected chi connectivity index (χ3v) is 2.76. The first-order chi connectivity index (χ1) is 8.66. The van der Waals surface area contributed by atoms with E-state index in [0.29, 0.717) is 12.1 Å². The molecule has 0 aliphatic rings. The molecule has 1 heterocycles. The molecule has 0 fully saturated rings. The number of carbonyl (C=O) groups is 1. The van der Waals surface area contributed by atoms with Gasteiger partial charge in [-0.1, -0.05) is 29.8 Å². The Balaban J connectivity index is 2.25. The molecule has 4 heteroatoms. The number of hydrogen-bond acceptors (Lipinski definition) is 3. The molecule has 1 unspecified atom stereocenters. The molecule has 1 atom stereocenters. The Labute approximate surface area is 105 Å². The molecule has 18 heavy (non-hydrogen) atoms. The summed E-state index contributed by atoms with van der Waals surface area (Å²) in [6, 6.07) is 7.84. The van der Waals surface area contributed by atoms with E-state index in [-0.39, 0.29) is 0 Å². The van der Waals surface area contributed by atoms with E-state index in [9.17, 15) is 9.90 Å². The van der Waals surface area contributed by atoms with Crippen molar-refractivity contribution >= 4 is 5.97 Å². The molecular weight excluding hydrogens is 228 g/mol. The van der Waals surface area contributed by atoms with Crippen molar-refractivity contribution in [3.63, 3.8) is 0 Å². The zero-order valence-corrected chi connectivity index (χ0v) is 10.1. The summed E-state index contributed by atoms with van der Waals surface area (Å²) >= 11 is 0. The molecule has 0 saturated carbocycles. The minimum atomic E-state index is -0.878. The van der Waals surface area contributed by atoms with Gasteiger partial charge in [-0.15, -0.1) is 0 Å². The van der Waals surface area contributed by atoms with Crippen LogP contribution < -0.4 is 0 Å². The average Bonchev–Trinajstić information content (AvgIpc) is 2.37. The van der Waals surface area contributed by atoms with E-state index in [4.69, 9.17) is 0 Å². The number of rotatable bonds is 4. The lowest BCUT2D eigenvalue weighted by atomic mass is 9.96. The van der Waals surface area contributed by atoms with Crippen molar-refractivity contribution in [1.82, 2.24) is 9.97 Å². The summed E-state index contributed by atoms with van der Waals surface area (Å²) in [5.41, 5.74) is 2.61. The average molecular weight is 242 g/mol. The maximum absolute atomic E-state index is 11.3. The van der Waals surface area contributed by atoms with Gasteiger partial charge in [0.15, 0.2) is 0 Å². The zero-order valence-electron chi connectivity index (χ0n) is 10.1. The van der Waals surface area contributed by atoms with Crippen LogP contribution >= 0.6 is 0 Å². The molecule has 0 bridgehead atoms. The van der Waals surface area contributed by atoms with Gasteiger partial charge < -0.3 is 5.11 Å². The highest BCUT2D eigenvalue weighted by atomic mass is 16.4. The molecule has 92 valence electrons. The third kappa shape index (κ3) is 2.91. The first kappa shape index (κ1) is 12.2. The molecular formula is C14H14N2O2. The molecule has 0 saturated heterocycles. The number of aryl methyl sites for hydroxylation is 1. The van der Waals surface area contributed by atoms with Gasteiger partial charge >= 0.3 is 5.97 Å². The Morgan fingerprint density at radius 1 is 1.39 bits per heavy atom. The lowest BCUT2D eigenvalue weighted by molar-refractivity contribution is -0.138. The molecule has 1 aromatic carbocycles. The number of hydrogen-bond donors (Lipinski definition) is 1. The van der Waals surface area contributed by atoms with Crippen LogP contribution in [0.25, 0.3) is 0 Å². The predicted octanol–water partition coefficient (Wildman–Crippen LogP) is 2.20. The second-order valence-electron chi connectivity index (χ2n) is 4.21. The number of nitrogens with zero attached hydrogens (tertiary/aromatic N) is 2. The van der Waals surface area contributed by atoms with E-state index in [1.807, 2.05) is 31.2 Å². The Morgan fingerprint density at radius 3 is 2.83 bits per heavy atom. The first-order valence-electron chi connectivity index (χ1n) is 5.71. The SMILES string of the molecule is Cc1cccc(CC(C(=O)O)c2cnccn2)c1.